The zero-order valence-electron chi connectivity index (χ0n) is 16.7. The molecule has 0 amide bonds. The summed E-state index contributed by atoms with van der Waals surface area (Å²) in [5.41, 5.74) is 5.06. The van der Waals surface area contributed by atoms with E-state index in [1.807, 2.05) is 50.2 Å². The Kier molecular flexibility index (Phi) is 6.81. The molecule has 9 heteroatoms. The summed E-state index contributed by atoms with van der Waals surface area (Å²) in [5.74, 6) is 2.67. The molecule has 0 radical (unpaired) electrons. The van der Waals surface area contributed by atoms with E-state index >= 15 is 0 Å². The minimum Gasteiger partial charge on any atom is -0.496 e. The van der Waals surface area contributed by atoms with E-state index in [-0.39, 0.29) is 6.10 Å². The first-order valence-corrected chi connectivity index (χ1v) is 10.2. The van der Waals surface area contributed by atoms with Gasteiger partial charge in [-0.25, -0.2) is 9.77 Å². The number of H-pyrrole nitrogens is 1. The highest BCUT2D eigenvalue weighted by Gasteiger charge is 2.18. The second-order valence-corrected chi connectivity index (χ2v) is 7.69. The zero-order valence-corrected chi connectivity index (χ0v) is 19.1. The zero-order chi connectivity index (χ0) is 21.0. The van der Waals surface area contributed by atoms with Crippen LogP contribution in [-0.4, -0.2) is 35.2 Å². The van der Waals surface area contributed by atoms with Crippen molar-refractivity contribution in [3.05, 3.63) is 51.2 Å². The first kappa shape index (κ1) is 21.2. The summed E-state index contributed by atoms with van der Waals surface area (Å²) in [6.45, 7) is 4.38. The van der Waals surface area contributed by atoms with Crippen LogP contribution in [-0.2, 0) is 6.54 Å². The lowest BCUT2D eigenvalue weighted by atomic mass is 10.1. The van der Waals surface area contributed by atoms with Gasteiger partial charge in [0.05, 0.1) is 32.4 Å². The normalized spacial score (nSPS) is 10.8. The number of benzene rings is 2. The summed E-state index contributed by atoms with van der Waals surface area (Å²) in [7, 11) is 3.25. The van der Waals surface area contributed by atoms with Crippen LogP contribution in [0.5, 0.6) is 17.2 Å². The predicted molar refractivity (Wildman–Crippen MR) is 119 cm³/mol. The van der Waals surface area contributed by atoms with Gasteiger partial charge < -0.3 is 19.6 Å². The van der Waals surface area contributed by atoms with E-state index < -0.39 is 0 Å². The Hall–Kier alpha value is -2.52. The molecule has 154 valence electrons. The molecular formula is C20H23BrN4O3S. The molecule has 0 aliphatic heterocycles. The molecule has 0 spiro atoms. The smallest absolute Gasteiger partial charge is 0.214 e. The van der Waals surface area contributed by atoms with Gasteiger partial charge in [0.1, 0.15) is 5.75 Å². The van der Waals surface area contributed by atoms with Gasteiger partial charge in [0, 0.05) is 10.0 Å². The number of hydrogen-bond donors (Lipinski definition) is 2. The van der Waals surface area contributed by atoms with E-state index in [1.165, 1.54) is 0 Å². The van der Waals surface area contributed by atoms with Crippen LogP contribution in [0.4, 0.5) is 0 Å². The third-order valence-corrected chi connectivity index (χ3v) is 5.19. The summed E-state index contributed by atoms with van der Waals surface area (Å²) < 4.78 is 20.0. The van der Waals surface area contributed by atoms with Crippen LogP contribution in [0.1, 0.15) is 19.4 Å². The van der Waals surface area contributed by atoms with Crippen LogP contribution >= 0.6 is 28.1 Å². The predicted octanol–water partition coefficient (Wildman–Crippen LogP) is 4.92. The fourth-order valence-electron chi connectivity index (χ4n) is 2.88. The largest absolute Gasteiger partial charge is 0.496 e. The molecule has 2 aromatic carbocycles. The van der Waals surface area contributed by atoms with Gasteiger partial charge in [-0.2, -0.15) is 5.10 Å². The van der Waals surface area contributed by atoms with Crippen LogP contribution in [0, 0.1) is 4.77 Å². The maximum atomic E-state index is 6.03. The summed E-state index contributed by atoms with van der Waals surface area (Å²) >= 11 is 9.04. The first-order valence-electron chi connectivity index (χ1n) is 9.03. The number of methoxy groups -OCH3 is 2. The molecule has 0 saturated heterocycles. The van der Waals surface area contributed by atoms with Crippen molar-refractivity contribution in [2.75, 3.05) is 19.6 Å². The fraction of sp³-hybridized carbons (Fsp3) is 0.300. The second kappa shape index (κ2) is 9.32. The monoisotopic (exact) mass is 478 g/mol. The van der Waals surface area contributed by atoms with E-state index in [9.17, 15) is 0 Å². The lowest BCUT2D eigenvalue weighted by Gasteiger charge is -2.20. The number of para-hydroxylation sites is 1. The molecule has 0 saturated carbocycles. The Labute approximate surface area is 183 Å². The molecule has 0 bridgehead atoms. The Balaban J connectivity index is 1.98. The van der Waals surface area contributed by atoms with Gasteiger partial charge in [0.25, 0.3) is 0 Å². The molecule has 7 nitrogen and oxygen atoms in total. The Morgan fingerprint density at radius 1 is 1.14 bits per heavy atom. The molecule has 0 aliphatic rings. The van der Waals surface area contributed by atoms with Gasteiger partial charge in [0.15, 0.2) is 17.3 Å². The highest BCUT2D eigenvalue weighted by atomic mass is 79.9. The highest BCUT2D eigenvalue weighted by Crippen LogP contribution is 2.37. The highest BCUT2D eigenvalue weighted by molar-refractivity contribution is 9.10. The number of ether oxygens (including phenoxy) is 3. The SMILES string of the molecule is COc1ccccc1-c1n[nH]c(=S)n1NCc1c(Br)ccc(OC)c1OC(C)C. The number of halogens is 1. The Morgan fingerprint density at radius 2 is 1.86 bits per heavy atom. The molecule has 29 heavy (non-hydrogen) atoms. The third kappa shape index (κ3) is 4.56. The minimum absolute atomic E-state index is 0.00261. The number of rotatable bonds is 8. The quantitative estimate of drug-likeness (QED) is 0.447. The van der Waals surface area contributed by atoms with Crippen LogP contribution in [0.3, 0.4) is 0 Å². The van der Waals surface area contributed by atoms with E-state index in [2.05, 4.69) is 31.6 Å². The van der Waals surface area contributed by atoms with Crippen molar-refractivity contribution in [1.29, 1.82) is 0 Å². The van der Waals surface area contributed by atoms with Crippen molar-refractivity contribution in [2.45, 2.75) is 26.5 Å². The van der Waals surface area contributed by atoms with Crippen molar-refractivity contribution >= 4 is 28.1 Å². The van der Waals surface area contributed by atoms with Gasteiger partial charge in [-0.15, -0.1) is 0 Å². The molecule has 0 aliphatic carbocycles. The van der Waals surface area contributed by atoms with Gasteiger partial charge in [-0.05, 0) is 50.3 Å². The van der Waals surface area contributed by atoms with Gasteiger partial charge in [0.2, 0.25) is 4.77 Å². The average Bonchev–Trinajstić information content (AvgIpc) is 3.07. The molecule has 0 atom stereocenters. The van der Waals surface area contributed by atoms with E-state index in [0.717, 1.165) is 15.6 Å². The number of aromatic nitrogens is 3. The van der Waals surface area contributed by atoms with Gasteiger partial charge >= 0.3 is 0 Å². The van der Waals surface area contributed by atoms with Crippen molar-refractivity contribution in [3.8, 4) is 28.6 Å². The maximum Gasteiger partial charge on any atom is 0.214 e. The number of nitrogens with zero attached hydrogens (tertiary/aromatic N) is 2. The van der Waals surface area contributed by atoms with Crippen LogP contribution < -0.4 is 19.6 Å². The topological polar surface area (TPSA) is 73.3 Å². The third-order valence-electron chi connectivity index (χ3n) is 4.17. The summed E-state index contributed by atoms with van der Waals surface area (Å²) in [4.78, 5) is 0. The van der Waals surface area contributed by atoms with Gasteiger partial charge in [-0.3, -0.25) is 0 Å². The molecular weight excluding hydrogens is 456 g/mol. The van der Waals surface area contributed by atoms with E-state index in [4.69, 9.17) is 26.4 Å². The molecule has 3 rings (SSSR count). The van der Waals surface area contributed by atoms with E-state index in [0.29, 0.717) is 34.4 Å². The number of aromatic amines is 1. The van der Waals surface area contributed by atoms with Crippen molar-refractivity contribution < 1.29 is 14.2 Å². The molecule has 2 N–H and O–H groups in total. The Morgan fingerprint density at radius 3 is 2.55 bits per heavy atom. The molecule has 3 aromatic rings. The van der Waals surface area contributed by atoms with Gasteiger partial charge in [-0.1, -0.05) is 28.1 Å². The summed E-state index contributed by atoms with van der Waals surface area (Å²) in [6.07, 6.45) is -0.00261. The number of hydrogen-bond acceptors (Lipinski definition) is 6. The van der Waals surface area contributed by atoms with E-state index in [1.54, 1.807) is 18.9 Å². The minimum atomic E-state index is -0.00261. The first-order chi connectivity index (χ1) is 14.0. The Bertz CT molecular complexity index is 1050. The summed E-state index contributed by atoms with van der Waals surface area (Å²) in [6, 6.07) is 11.4. The molecule has 1 aromatic heterocycles. The van der Waals surface area contributed by atoms with Crippen molar-refractivity contribution in [2.24, 2.45) is 0 Å². The lowest BCUT2D eigenvalue weighted by Crippen LogP contribution is -2.18. The van der Waals surface area contributed by atoms with Crippen LogP contribution in [0.25, 0.3) is 11.4 Å². The number of nitrogens with one attached hydrogen (secondary N) is 2. The average molecular weight is 479 g/mol. The standard InChI is InChI=1S/C20H23BrN4O3S/c1-12(2)28-18-14(15(21)9-10-17(18)27-4)11-22-25-19(23-24-20(25)29)13-7-5-6-8-16(13)26-3/h5-10,12,22H,11H2,1-4H3,(H,24,29). The van der Waals surface area contributed by atoms with Crippen molar-refractivity contribution in [3.63, 3.8) is 0 Å². The van der Waals surface area contributed by atoms with Crippen molar-refractivity contribution in [1.82, 2.24) is 14.9 Å². The van der Waals surface area contributed by atoms with Crippen LogP contribution in [0.15, 0.2) is 40.9 Å². The molecule has 0 unspecified atom stereocenters. The fourth-order valence-corrected chi connectivity index (χ4v) is 3.53. The second-order valence-electron chi connectivity index (χ2n) is 6.45. The molecule has 1 heterocycles. The maximum absolute atomic E-state index is 6.03. The van der Waals surface area contributed by atoms with Crippen LogP contribution in [0.2, 0.25) is 0 Å². The molecule has 0 fully saturated rings. The lowest BCUT2D eigenvalue weighted by molar-refractivity contribution is 0.227. The summed E-state index contributed by atoms with van der Waals surface area (Å²) in [5, 5.41) is 7.21.